The van der Waals surface area contributed by atoms with Crippen LogP contribution in [0.3, 0.4) is 0 Å². The Hall–Kier alpha value is -2.09. The van der Waals surface area contributed by atoms with Crippen molar-refractivity contribution in [3.8, 4) is 16.9 Å². The molecule has 0 bridgehead atoms. The highest BCUT2D eigenvalue weighted by Gasteiger charge is 2.05. The van der Waals surface area contributed by atoms with Crippen LogP contribution in [0.25, 0.3) is 11.1 Å². The number of rotatable bonds is 2. The van der Waals surface area contributed by atoms with Gasteiger partial charge in [0.15, 0.2) is 0 Å². The summed E-state index contributed by atoms with van der Waals surface area (Å²) in [5, 5.41) is 0. The molecular formula is C18H24O2. The Bertz CT molecular complexity index is 492. The Kier molecular flexibility index (Phi) is 9.67. The van der Waals surface area contributed by atoms with E-state index in [4.69, 9.17) is 9.53 Å². The second-order valence-electron chi connectivity index (χ2n) is 4.22. The van der Waals surface area contributed by atoms with Crippen molar-refractivity contribution in [3.63, 3.8) is 0 Å². The molecule has 2 nitrogen and oxygen atoms in total. The minimum absolute atomic E-state index is 0.923. The number of benzene rings is 2. The lowest BCUT2D eigenvalue weighted by Gasteiger charge is -2.10. The number of aryl methyl sites for hydroxylation is 1. The first-order chi connectivity index (χ1) is 9.74. The Morgan fingerprint density at radius 2 is 1.35 bits per heavy atom. The van der Waals surface area contributed by atoms with Gasteiger partial charge in [0.1, 0.15) is 12.5 Å². The number of carbonyl (C=O) groups is 1. The lowest BCUT2D eigenvalue weighted by Crippen LogP contribution is -1.88. The largest absolute Gasteiger partial charge is 0.496 e. The molecule has 0 amide bonds. The molecule has 0 aromatic heterocycles. The minimum Gasteiger partial charge on any atom is -0.496 e. The van der Waals surface area contributed by atoms with Crippen molar-refractivity contribution < 1.29 is 9.53 Å². The fraction of sp³-hybridized carbons (Fsp3) is 0.278. The number of carbonyl (C=O) groups excluding carboxylic acids is 1. The van der Waals surface area contributed by atoms with E-state index in [0.717, 1.165) is 11.3 Å². The molecular weight excluding hydrogens is 248 g/mol. The molecule has 0 heterocycles. The second kappa shape index (κ2) is 10.8. The zero-order chi connectivity index (χ0) is 15.4. The summed E-state index contributed by atoms with van der Waals surface area (Å²) in [5.74, 6) is 0.923. The third kappa shape index (κ3) is 5.27. The lowest BCUT2D eigenvalue weighted by molar-refractivity contribution is -0.0979. The van der Waals surface area contributed by atoms with E-state index in [0.29, 0.717) is 0 Å². The third-order valence-electron chi connectivity index (χ3n) is 2.54. The summed E-state index contributed by atoms with van der Waals surface area (Å²) in [7, 11) is 1.71. The van der Waals surface area contributed by atoms with Crippen LogP contribution >= 0.6 is 0 Å². The molecule has 0 aliphatic rings. The van der Waals surface area contributed by atoms with Gasteiger partial charge in [0.2, 0.25) is 0 Å². The maximum absolute atomic E-state index is 8.00. The average Bonchev–Trinajstić information content (AvgIpc) is 2.51. The summed E-state index contributed by atoms with van der Waals surface area (Å²) in [4.78, 5) is 8.00. The molecule has 0 N–H and O–H groups in total. The molecule has 0 saturated heterocycles. The van der Waals surface area contributed by atoms with E-state index >= 15 is 0 Å². The highest BCUT2D eigenvalue weighted by molar-refractivity contribution is 5.73. The molecule has 0 spiro atoms. The van der Waals surface area contributed by atoms with Gasteiger partial charge in [-0.25, -0.2) is 0 Å². The van der Waals surface area contributed by atoms with Crippen molar-refractivity contribution >= 4 is 6.79 Å². The van der Waals surface area contributed by atoms with Gasteiger partial charge in [-0.2, -0.15) is 0 Å². The van der Waals surface area contributed by atoms with Crippen LogP contribution in [0.5, 0.6) is 5.75 Å². The zero-order valence-electron chi connectivity index (χ0n) is 12.8. The van der Waals surface area contributed by atoms with Gasteiger partial charge in [-0.3, -0.25) is 0 Å². The molecule has 2 rings (SSSR count). The van der Waals surface area contributed by atoms with Gasteiger partial charge in [0.25, 0.3) is 0 Å². The standard InChI is InChI=1S/C14H14O.C3H8.CH2O/c1-11-7-3-4-8-12(11)13-9-5-6-10-14(13)15-2;1-3-2;1-2/h3-10H,1-2H3;3H2,1-2H3;1H2. The summed E-state index contributed by atoms with van der Waals surface area (Å²) in [5.41, 5.74) is 3.65. The van der Waals surface area contributed by atoms with Crippen LogP contribution in [-0.2, 0) is 4.79 Å². The Morgan fingerprint density at radius 1 is 0.900 bits per heavy atom. The normalized spacial score (nSPS) is 8.60. The molecule has 0 unspecified atom stereocenters. The third-order valence-corrected chi connectivity index (χ3v) is 2.54. The van der Waals surface area contributed by atoms with Crippen LogP contribution in [0.2, 0.25) is 0 Å². The maximum Gasteiger partial charge on any atom is 0.126 e. The number of hydrogen-bond acceptors (Lipinski definition) is 2. The van der Waals surface area contributed by atoms with E-state index in [1.807, 2.05) is 31.1 Å². The van der Waals surface area contributed by atoms with Crippen molar-refractivity contribution in [1.82, 2.24) is 0 Å². The first-order valence-corrected chi connectivity index (χ1v) is 6.72. The zero-order valence-corrected chi connectivity index (χ0v) is 12.8. The molecule has 2 heteroatoms. The summed E-state index contributed by atoms with van der Waals surface area (Å²) in [6.07, 6.45) is 1.25. The quantitative estimate of drug-likeness (QED) is 0.777. The van der Waals surface area contributed by atoms with E-state index in [9.17, 15) is 0 Å². The van der Waals surface area contributed by atoms with Crippen molar-refractivity contribution in [1.29, 1.82) is 0 Å². The molecule has 108 valence electrons. The molecule has 0 radical (unpaired) electrons. The van der Waals surface area contributed by atoms with Gasteiger partial charge in [0, 0.05) is 5.56 Å². The molecule has 0 saturated carbocycles. The van der Waals surface area contributed by atoms with E-state index in [1.54, 1.807) is 7.11 Å². The fourth-order valence-electron chi connectivity index (χ4n) is 1.74. The maximum atomic E-state index is 8.00. The smallest absolute Gasteiger partial charge is 0.126 e. The van der Waals surface area contributed by atoms with E-state index < -0.39 is 0 Å². The summed E-state index contributed by atoms with van der Waals surface area (Å²) in [6.45, 7) is 8.36. The summed E-state index contributed by atoms with van der Waals surface area (Å²) >= 11 is 0. The summed E-state index contributed by atoms with van der Waals surface area (Å²) < 4.78 is 5.35. The van der Waals surface area contributed by atoms with Crippen LogP contribution in [0.1, 0.15) is 25.8 Å². The minimum atomic E-state index is 0.923. The predicted octanol–water partition coefficient (Wildman–Crippen LogP) is 4.90. The molecule has 2 aromatic rings. The highest BCUT2D eigenvalue weighted by Crippen LogP contribution is 2.31. The summed E-state index contributed by atoms with van der Waals surface area (Å²) in [6, 6.07) is 16.4. The van der Waals surface area contributed by atoms with Crippen molar-refractivity contribution in [2.45, 2.75) is 27.2 Å². The number of ether oxygens (including phenoxy) is 1. The van der Waals surface area contributed by atoms with Crippen molar-refractivity contribution in [2.75, 3.05) is 7.11 Å². The van der Waals surface area contributed by atoms with Gasteiger partial charge in [-0.15, -0.1) is 0 Å². The Labute approximate surface area is 122 Å². The van der Waals surface area contributed by atoms with Crippen molar-refractivity contribution in [3.05, 3.63) is 54.1 Å². The monoisotopic (exact) mass is 272 g/mol. The average molecular weight is 272 g/mol. The molecule has 0 atom stereocenters. The first-order valence-electron chi connectivity index (χ1n) is 6.72. The predicted molar refractivity (Wildman–Crippen MR) is 86.3 cm³/mol. The molecule has 0 aliphatic carbocycles. The number of para-hydroxylation sites is 1. The van der Waals surface area contributed by atoms with Crippen LogP contribution < -0.4 is 4.74 Å². The van der Waals surface area contributed by atoms with Gasteiger partial charge in [-0.1, -0.05) is 62.7 Å². The van der Waals surface area contributed by atoms with Crippen LogP contribution in [0, 0.1) is 6.92 Å². The number of methoxy groups -OCH3 is 1. The highest BCUT2D eigenvalue weighted by atomic mass is 16.5. The fourth-order valence-corrected chi connectivity index (χ4v) is 1.74. The van der Waals surface area contributed by atoms with Gasteiger partial charge < -0.3 is 9.53 Å². The van der Waals surface area contributed by atoms with Crippen LogP contribution in [0.4, 0.5) is 0 Å². The van der Waals surface area contributed by atoms with Gasteiger partial charge in [0.05, 0.1) is 7.11 Å². The Morgan fingerprint density at radius 3 is 1.85 bits per heavy atom. The second-order valence-corrected chi connectivity index (χ2v) is 4.22. The topological polar surface area (TPSA) is 26.3 Å². The van der Waals surface area contributed by atoms with Crippen LogP contribution in [0.15, 0.2) is 48.5 Å². The molecule has 0 aliphatic heterocycles. The van der Waals surface area contributed by atoms with E-state index in [2.05, 4.69) is 45.0 Å². The van der Waals surface area contributed by atoms with Crippen molar-refractivity contribution in [2.24, 2.45) is 0 Å². The van der Waals surface area contributed by atoms with Crippen LogP contribution in [-0.4, -0.2) is 13.9 Å². The first kappa shape index (κ1) is 17.9. The van der Waals surface area contributed by atoms with Gasteiger partial charge in [-0.05, 0) is 24.1 Å². The lowest BCUT2D eigenvalue weighted by atomic mass is 10.00. The van der Waals surface area contributed by atoms with E-state index in [-0.39, 0.29) is 0 Å². The van der Waals surface area contributed by atoms with E-state index in [1.165, 1.54) is 17.5 Å². The Balaban J connectivity index is 0.000000641. The SMILES string of the molecule is C=O.CCC.COc1ccccc1-c1ccccc1C. The van der Waals surface area contributed by atoms with Gasteiger partial charge >= 0.3 is 0 Å². The number of hydrogen-bond donors (Lipinski definition) is 0. The molecule has 0 fully saturated rings. The molecule has 20 heavy (non-hydrogen) atoms. The molecule has 2 aromatic carbocycles.